The number of rotatable bonds is 4. The number of aryl methyl sites for hydroxylation is 1. The summed E-state index contributed by atoms with van der Waals surface area (Å²) in [5.74, 6) is 0.457. The summed E-state index contributed by atoms with van der Waals surface area (Å²) in [5, 5.41) is 5.48. The second-order valence-electron chi connectivity index (χ2n) is 5.96. The van der Waals surface area contributed by atoms with Gasteiger partial charge in [-0.2, -0.15) is 0 Å². The molecule has 4 rings (SSSR count). The highest BCUT2D eigenvalue weighted by Crippen LogP contribution is 2.25. The number of fused-ring (bicyclic) bond motifs is 1. The topological polar surface area (TPSA) is 59.3 Å². The van der Waals surface area contributed by atoms with Crippen molar-refractivity contribution >= 4 is 39.6 Å². The van der Waals surface area contributed by atoms with Crippen LogP contribution in [0.1, 0.15) is 11.3 Å². The molecule has 0 saturated carbocycles. The first kappa shape index (κ1) is 16.8. The van der Waals surface area contributed by atoms with E-state index >= 15 is 0 Å². The van der Waals surface area contributed by atoms with E-state index in [9.17, 15) is 4.79 Å². The van der Waals surface area contributed by atoms with Crippen molar-refractivity contribution in [3.63, 3.8) is 0 Å². The minimum Gasteiger partial charge on any atom is -0.310 e. The fourth-order valence-corrected chi connectivity index (χ4v) is 3.67. The van der Waals surface area contributed by atoms with Gasteiger partial charge < -0.3 is 5.32 Å². The van der Waals surface area contributed by atoms with Crippen LogP contribution in [0.4, 0.5) is 5.82 Å². The molecule has 0 aliphatic rings. The molecule has 0 unspecified atom stereocenters. The van der Waals surface area contributed by atoms with Crippen molar-refractivity contribution in [2.75, 3.05) is 5.32 Å². The molecule has 5 nitrogen and oxygen atoms in total. The summed E-state index contributed by atoms with van der Waals surface area (Å²) in [6, 6.07) is 11.3. The number of imidazole rings is 1. The maximum Gasteiger partial charge on any atom is 0.231 e. The van der Waals surface area contributed by atoms with Gasteiger partial charge in [-0.3, -0.25) is 9.20 Å². The predicted octanol–water partition coefficient (Wildman–Crippen LogP) is 4.60. The standard InChI is InChI=1S/C19H15ClN4OS/c1-12-6-7-21-17(8-12)23-18(25)9-15-11-26-19-22-16(10-24(15)19)13-2-4-14(20)5-3-13/h2-8,10-11H,9H2,1H3,(H,21,23,25). The van der Waals surface area contributed by atoms with E-state index in [0.29, 0.717) is 10.8 Å². The van der Waals surface area contributed by atoms with Gasteiger partial charge in [0.25, 0.3) is 0 Å². The summed E-state index contributed by atoms with van der Waals surface area (Å²) in [4.78, 5) is 22.0. The Morgan fingerprint density at radius 3 is 2.85 bits per heavy atom. The lowest BCUT2D eigenvalue weighted by atomic mass is 10.2. The number of carbonyl (C=O) groups is 1. The fraction of sp³-hybridized carbons (Fsp3) is 0.105. The van der Waals surface area contributed by atoms with Crippen LogP contribution < -0.4 is 5.32 Å². The van der Waals surface area contributed by atoms with Crippen molar-refractivity contribution in [3.8, 4) is 11.3 Å². The van der Waals surface area contributed by atoms with Crippen molar-refractivity contribution in [3.05, 3.63) is 70.5 Å². The molecule has 0 spiro atoms. The van der Waals surface area contributed by atoms with Gasteiger partial charge in [-0.05, 0) is 36.8 Å². The smallest absolute Gasteiger partial charge is 0.231 e. The second kappa shape index (κ2) is 6.90. The Bertz CT molecular complexity index is 1080. The first-order valence-corrected chi connectivity index (χ1v) is 9.28. The molecule has 0 radical (unpaired) electrons. The quantitative estimate of drug-likeness (QED) is 0.561. The zero-order valence-electron chi connectivity index (χ0n) is 13.9. The SMILES string of the molecule is Cc1ccnc(NC(=O)Cc2csc3nc(-c4ccc(Cl)cc4)cn23)c1. The minimum absolute atomic E-state index is 0.107. The first-order valence-electron chi connectivity index (χ1n) is 8.02. The maximum absolute atomic E-state index is 12.4. The van der Waals surface area contributed by atoms with Gasteiger partial charge in [-0.1, -0.05) is 23.7 Å². The molecule has 0 saturated heterocycles. The number of halogens is 1. The van der Waals surface area contributed by atoms with E-state index in [1.165, 1.54) is 11.3 Å². The predicted molar refractivity (Wildman–Crippen MR) is 105 cm³/mol. The summed E-state index contributed by atoms with van der Waals surface area (Å²) >= 11 is 7.46. The lowest BCUT2D eigenvalue weighted by Gasteiger charge is -2.04. The van der Waals surface area contributed by atoms with Crippen LogP contribution in [-0.2, 0) is 11.2 Å². The lowest BCUT2D eigenvalue weighted by molar-refractivity contribution is -0.115. The normalized spacial score (nSPS) is 11.0. The molecule has 7 heteroatoms. The number of thiazole rings is 1. The molecule has 3 aromatic heterocycles. The van der Waals surface area contributed by atoms with E-state index in [0.717, 1.165) is 27.5 Å². The molecule has 0 aliphatic heterocycles. The van der Waals surface area contributed by atoms with Gasteiger partial charge in [0, 0.05) is 34.1 Å². The second-order valence-corrected chi connectivity index (χ2v) is 7.23. The highest BCUT2D eigenvalue weighted by Gasteiger charge is 2.13. The number of nitrogens with zero attached hydrogens (tertiary/aromatic N) is 3. The number of anilines is 1. The fourth-order valence-electron chi connectivity index (χ4n) is 2.67. The van der Waals surface area contributed by atoms with Crippen LogP contribution in [0.15, 0.2) is 54.2 Å². The largest absolute Gasteiger partial charge is 0.310 e. The van der Waals surface area contributed by atoms with E-state index in [2.05, 4.69) is 15.3 Å². The van der Waals surface area contributed by atoms with E-state index in [1.54, 1.807) is 6.20 Å². The zero-order chi connectivity index (χ0) is 18.1. The van der Waals surface area contributed by atoms with Crippen LogP contribution in [0, 0.1) is 6.92 Å². The number of benzene rings is 1. The Morgan fingerprint density at radius 2 is 2.08 bits per heavy atom. The average molecular weight is 383 g/mol. The maximum atomic E-state index is 12.4. The van der Waals surface area contributed by atoms with E-state index in [-0.39, 0.29) is 12.3 Å². The number of hydrogen-bond acceptors (Lipinski definition) is 4. The van der Waals surface area contributed by atoms with Gasteiger partial charge >= 0.3 is 0 Å². The summed E-state index contributed by atoms with van der Waals surface area (Å²) in [5.41, 5.74) is 3.79. The molecular weight excluding hydrogens is 368 g/mol. The van der Waals surface area contributed by atoms with Crippen molar-refractivity contribution in [2.45, 2.75) is 13.3 Å². The molecule has 0 bridgehead atoms. The third-order valence-corrected chi connectivity index (χ3v) is 5.09. The number of aromatic nitrogens is 3. The number of amides is 1. The molecular formula is C19H15ClN4OS. The Morgan fingerprint density at radius 1 is 1.27 bits per heavy atom. The van der Waals surface area contributed by atoms with Crippen LogP contribution >= 0.6 is 22.9 Å². The van der Waals surface area contributed by atoms with E-state index < -0.39 is 0 Å². The molecule has 0 fully saturated rings. The summed E-state index contributed by atoms with van der Waals surface area (Å²) in [6.45, 7) is 1.96. The third-order valence-electron chi connectivity index (χ3n) is 3.95. The molecule has 4 aromatic rings. The number of nitrogens with one attached hydrogen (secondary N) is 1. The van der Waals surface area contributed by atoms with Gasteiger partial charge in [0.05, 0.1) is 12.1 Å². The lowest BCUT2D eigenvalue weighted by Crippen LogP contribution is -2.16. The van der Waals surface area contributed by atoms with Crippen molar-refractivity contribution in [1.82, 2.24) is 14.4 Å². The van der Waals surface area contributed by atoms with Crippen LogP contribution in [0.25, 0.3) is 16.2 Å². The molecule has 1 N–H and O–H groups in total. The van der Waals surface area contributed by atoms with Crippen molar-refractivity contribution in [1.29, 1.82) is 0 Å². The van der Waals surface area contributed by atoms with Crippen LogP contribution in [0.2, 0.25) is 5.02 Å². The van der Waals surface area contributed by atoms with Crippen LogP contribution in [0.5, 0.6) is 0 Å². The molecule has 1 aromatic carbocycles. The van der Waals surface area contributed by atoms with E-state index in [4.69, 9.17) is 11.6 Å². The van der Waals surface area contributed by atoms with Gasteiger partial charge in [-0.25, -0.2) is 9.97 Å². The minimum atomic E-state index is -0.107. The molecule has 130 valence electrons. The van der Waals surface area contributed by atoms with Crippen molar-refractivity contribution in [2.24, 2.45) is 0 Å². The first-order chi connectivity index (χ1) is 12.6. The Hall–Kier alpha value is -2.70. The van der Waals surface area contributed by atoms with Crippen LogP contribution in [-0.4, -0.2) is 20.3 Å². The number of pyridine rings is 1. The Balaban J connectivity index is 1.55. The Kier molecular flexibility index (Phi) is 4.44. The van der Waals surface area contributed by atoms with Gasteiger partial charge in [-0.15, -0.1) is 11.3 Å². The highest BCUT2D eigenvalue weighted by molar-refractivity contribution is 7.15. The van der Waals surface area contributed by atoms with Gasteiger partial charge in [0.2, 0.25) is 5.91 Å². The molecule has 1 amide bonds. The molecule has 26 heavy (non-hydrogen) atoms. The van der Waals surface area contributed by atoms with E-state index in [1.807, 2.05) is 59.3 Å². The third kappa shape index (κ3) is 3.47. The van der Waals surface area contributed by atoms with Crippen molar-refractivity contribution < 1.29 is 4.79 Å². The van der Waals surface area contributed by atoms with Crippen LogP contribution in [0.3, 0.4) is 0 Å². The Labute approximate surface area is 159 Å². The number of carbonyl (C=O) groups excluding carboxylic acids is 1. The van der Waals surface area contributed by atoms with Gasteiger partial charge in [0.1, 0.15) is 5.82 Å². The molecule has 3 heterocycles. The monoisotopic (exact) mass is 382 g/mol. The highest BCUT2D eigenvalue weighted by atomic mass is 35.5. The number of hydrogen-bond donors (Lipinski definition) is 1. The summed E-state index contributed by atoms with van der Waals surface area (Å²) < 4.78 is 1.96. The summed E-state index contributed by atoms with van der Waals surface area (Å²) in [7, 11) is 0. The average Bonchev–Trinajstić information content (AvgIpc) is 3.18. The molecule has 0 aliphatic carbocycles. The summed E-state index contributed by atoms with van der Waals surface area (Å²) in [6.07, 6.45) is 3.89. The molecule has 0 atom stereocenters. The zero-order valence-corrected chi connectivity index (χ0v) is 15.5. The van der Waals surface area contributed by atoms with Gasteiger partial charge in [0.15, 0.2) is 4.96 Å².